The van der Waals surface area contributed by atoms with E-state index in [0.717, 1.165) is 0 Å². The molecule has 1 fully saturated rings. The number of aromatic nitrogens is 2. The Morgan fingerprint density at radius 3 is 2.48 bits per heavy atom. The molecular weight excluding hydrogens is 304 g/mol. The highest BCUT2D eigenvalue weighted by Gasteiger charge is 2.46. The van der Waals surface area contributed by atoms with Gasteiger partial charge in [0.1, 0.15) is 17.8 Å². The first-order valence-corrected chi connectivity index (χ1v) is 5.68. The van der Waals surface area contributed by atoms with Crippen molar-refractivity contribution in [2.45, 2.75) is 30.8 Å². The summed E-state index contributed by atoms with van der Waals surface area (Å²) in [5.74, 6) is 0. The zero-order valence-corrected chi connectivity index (χ0v) is 10.2. The predicted molar refractivity (Wildman–Crippen MR) is 58.2 cm³/mol. The first-order valence-electron chi connectivity index (χ1n) is 5.68. The van der Waals surface area contributed by atoms with Crippen molar-refractivity contribution in [1.82, 2.24) is 9.55 Å². The van der Waals surface area contributed by atoms with Gasteiger partial charge < -0.3 is 14.9 Å². The molecule has 0 aromatic carbocycles. The Bertz CT molecular complexity index is 640. The number of aliphatic hydroxyl groups excluding tert-OH is 2. The van der Waals surface area contributed by atoms with Gasteiger partial charge in [-0.05, 0) is 0 Å². The highest BCUT2D eigenvalue weighted by molar-refractivity contribution is 5.10. The Hall–Kier alpha value is -1.72. The largest absolute Gasteiger partial charge is 0.423 e. The smallest absolute Gasteiger partial charge is 0.394 e. The van der Waals surface area contributed by atoms with E-state index in [1.165, 1.54) is 4.98 Å². The molecule has 0 aliphatic carbocycles. The molecular formula is C10H10F4N2O5. The third-order valence-corrected chi connectivity index (χ3v) is 3.02. The second kappa shape index (κ2) is 5.24. The number of ether oxygens (including phenoxy) is 1. The summed E-state index contributed by atoms with van der Waals surface area (Å²) in [4.78, 5) is 24.0. The fourth-order valence-electron chi connectivity index (χ4n) is 1.95. The summed E-state index contributed by atoms with van der Waals surface area (Å²) in [5, 5.41) is 18.2. The van der Waals surface area contributed by atoms with Crippen molar-refractivity contribution < 1.29 is 32.5 Å². The zero-order chi connectivity index (χ0) is 15.9. The molecule has 1 aliphatic rings. The second-order valence-electron chi connectivity index (χ2n) is 4.39. The minimum absolute atomic E-state index is 0.116. The SMILES string of the molecule is O=c1[nH]c(=O)n([C@H]2O[C@@H](CO)[C@H](O)[C@H]2F)cc1C(F)(F)F. The normalized spacial score (nSPS) is 29.8. The highest BCUT2D eigenvalue weighted by Crippen LogP contribution is 2.32. The molecule has 2 rings (SSSR count). The third-order valence-electron chi connectivity index (χ3n) is 3.02. The molecule has 1 aromatic heterocycles. The fraction of sp³-hybridized carbons (Fsp3) is 0.600. The number of aromatic amines is 1. The number of nitrogens with zero attached hydrogens (tertiary/aromatic N) is 1. The minimum atomic E-state index is -5.05. The zero-order valence-electron chi connectivity index (χ0n) is 10.2. The Morgan fingerprint density at radius 1 is 1.38 bits per heavy atom. The molecule has 0 bridgehead atoms. The minimum Gasteiger partial charge on any atom is -0.394 e. The Labute approximate surface area is 113 Å². The van der Waals surface area contributed by atoms with Gasteiger partial charge in [0.25, 0.3) is 5.56 Å². The Balaban J connectivity index is 2.50. The molecule has 118 valence electrons. The van der Waals surface area contributed by atoms with Crippen LogP contribution in [0.25, 0.3) is 0 Å². The first kappa shape index (κ1) is 15.7. The topological polar surface area (TPSA) is 105 Å². The monoisotopic (exact) mass is 314 g/mol. The number of hydrogen-bond acceptors (Lipinski definition) is 5. The van der Waals surface area contributed by atoms with E-state index in [1.807, 2.05) is 0 Å². The third kappa shape index (κ3) is 2.71. The van der Waals surface area contributed by atoms with Crippen LogP contribution in [-0.2, 0) is 10.9 Å². The van der Waals surface area contributed by atoms with E-state index < -0.39 is 54.2 Å². The summed E-state index contributed by atoms with van der Waals surface area (Å²) >= 11 is 0. The van der Waals surface area contributed by atoms with E-state index in [1.54, 1.807) is 0 Å². The van der Waals surface area contributed by atoms with Crippen LogP contribution in [0.1, 0.15) is 11.8 Å². The summed E-state index contributed by atoms with van der Waals surface area (Å²) in [5.41, 5.74) is -4.71. The average Bonchev–Trinajstić information content (AvgIpc) is 2.65. The molecule has 0 unspecified atom stereocenters. The number of halogens is 4. The molecule has 0 radical (unpaired) electrons. The van der Waals surface area contributed by atoms with Crippen molar-refractivity contribution in [2.75, 3.05) is 6.61 Å². The van der Waals surface area contributed by atoms with E-state index in [0.29, 0.717) is 0 Å². The molecule has 0 amide bonds. The summed E-state index contributed by atoms with van der Waals surface area (Å²) < 4.78 is 56.6. The van der Waals surface area contributed by atoms with Crippen molar-refractivity contribution in [3.05, 3.63) is 32.6 Å². The van der Waals surface area contributed by atoms with E-state index in [9.17, 15) is 32.3 Å². The van der Waals surface area contributed by atoms with Crippen LogP contribution in [0.15, 0.2) is 15.8 Å². The van der Waals surface area contributed by atoms with Gasteiger partial charge in [-0.25, -0.2) is 9.18 Å². The number of rotatable bonds is 2. The van der Waals surface area contributed by atoms with Gasteiger partial charge >= 0.3 is 11.9 Å². The lowest BCUT2D eigenvalue weighted by Gasteiger charge is -2.17. The van der Waals surface area contributed by atoms with Crippen molar-refractivity contribution in [1.29, 1.82) is 0 Å². The Morgan fingerprint density at radius 2 is 2.00 bits per heavy atom. The van der Waals surface area contributed by atoms with Crippen molar-refractivity contribution in [3.63, 3.8) is 0 Å². The molecule has 1 saturated heterocycles. The van der Waals surface area contributed by atoms with Crippen molar-refractivity contribution in [2.24, 2.45) is 0 Å². The summed E-state index contributed by atoms with van der Waals surface area (Å²) in [6, 6.07) is 0. The van der Waals surface area contributed by atoms with E-state index in [2.05, 4.69) is 0 Å². The lowest BCUT2D eigenvalue weighted by atomic mass is 10.1. The number of alkyl halides is 4. The van der Waals surface area contributed by atoms with Crippen LogP contribution in [0.3, 0.4) is 0 Å². The molecule has 11 heteroatoms. The number of nitrogens with one attached hydrogen (secondary N) is 1. The molecule has 4 atom stereocenters. The van der Waals surface area contributed by atoms with E-state index >= 15 is 0 Å². The van der Waals surface area contributed by atoms with Crippen molar-refractivity contribution >= 4 is 0 Å². The van der Waals surface area contributed by atoms with Gasteiger partial charge in [0, 0.05) is 6.20 Å². The van der Waals surface area contributed by atoms with Gasteiger partial charge in [0.05, 0.1) is 6.61 Å². The van der Waals surface area contributed by atoms with Crippen LogP contribution in [0.5, 0.6) is 0 Å². The summed E-state index contributed by atoms with van der Waals surface area (Å²) in [6.07, 6.45) is -12.3. The van der Waals surface area contributed by atoms with Crippen LogP contribution in [0.4, 0.5) is 17.6 Å². The van der Waals surface area contributed by atoms with Gasteiger partial charge in [-0.15, -0.1) is 0 Å². The van der Waals surface area contributed by atoms with Crippen molar-refractivity contribution in [3.8, 4) is 0 Å². The molecule has 0 saturated carbocycles. The fourth-order valence-corrected chi connectivity index (χ4v) is 1.95. The summed E-state index contributed by atoms with van der Waals surface area (Å²) in [6.45, 7) is -0.789. The highest BCUT2D eigenvalue weighted by atomic mass is 19.4. The van der Waals surface area contributed by atoms with E-state index in [-0.39, 0.29) is 10.8 Å². The van der Waals surface area contributed by atoms with Crippen LogP contribution < -0.4 is 11.2 Å². The van der Waals surface area contributed by atoms with Crippen LogP contribution in [0.2, 0.25) is 0 Å². The van der Waals surface area contributed by atoms with Gasteiger partial charge in [0.2, 0.25) is 0 Å². The molecule has 2 heterocycles. The van der Waals surface area contributed by atoms with Gasteiger partial charge in [-0.2, -0.15) is 13.2 Å². The molecule has 3 N–H and O–H groups in total. The summed E-state index contributed by atoms with van der Waals surface area (Å²) in [7, 11) is 0. The van der Waals surface area contributed by atoms with E-state index in [4.69, 9.17) is 9.84 Å². The van der Waals surface area contributed by atoms with Crippen LogP contribution in [-0.4, -0.2) is 44.8 Å². The number of aliphatic hydroxyl groups is 2. The average molecular weight is 314 g/mol. The molecule has 0 spiro atoms. The molecule has 21 heavy (non-hydrogen) atoms. The molecule has 1 aromatic rings. The second-order valence-corrected chi connectivity index (χ2v) is 4.39. The Kier molecular flexibility index (Phi) is 3.91. The van der Waals surface area contributed by atoms with Crippen LogP contribution in [0, 0.1) is 0 Å². The van der Waals surface area contributed by atoms with Gasteiger partial charge in [-0.1, -0.05) is 0 Å². The molecule has 1 aliphatic heterocycles. The first-order chi connectivity index (χ1) is 9.66. The number of hydrogen-bond donors (Lipinski definition) is 3. The lowest BCUT2D eigenvalue weighted by Crippen LogP contribution is -2.39. The maximum Gasteiger partial charge on any atom is 0.423 e. The molecule has 7 nitrogen and oxygen atoms in total. The van der Waals surface area contributed by atoms with Gasteiger partial charge in [-0.3, -0.25) is 14.3 Å². The quantitative estimate of drug-likeness (QED) is 0.617. The number of H-pyrrole nitrogens is 1. The van der Waals surface area contributed by atoms with Gasteiger partial charge in [0.15, 0.2) is 12.4 Å². The predicted octanol–water partition coefficient (Wildman–Crippen LogP) is -0.856. The standard InChI is InChI=1S/C10H10F4N2O5/c11-5-6(18)4(2-17)21-8(5)16-1-3(10(12,13)14)7(19)15-9(16)20/h1,4-6,8,17-18H,2H2,(H,15,19,20)/t4-,5+,6-,8-/m0/s1. The maximum absolute atomic E-state index is 13.8. The lowest BCUT2D eigenvalue weighted by molar-refractivity contribution is -0.139. The maximum atomic E-state index is 13.8. The van der Waals surface area contributed by atoms with Crippen LogP contribution >= 0.6 is 0 Å².